The SMILES string of the molecule is CC1(OC(=O)N2CC3COCC(C2)C3Oc2ncnc3c2ccn3-c2ccc(S(C)(=O)=O)cc2F)CC1. The summed E-state index contributed by atoms with van der Waals surface area (Å²) in [5.74, 6) is -0.437. The molecule has 0 N–H and O–H groups in total. The maximum absolute atomic E-state index is 14.9. The summed E-state index contributed by atoms with van der Waals surface area (Å²) in [6, 6.07) is 5.51. The van der Waals surface area contributed by atoms with Crippen molar-refractivity contribution >= 4 is 27.0 Å². The highest BCUT2D eigenvalue weighted by atomic mass is 32.2. The van der Waals surface area contributed by atoms with Gasteiger partial charge in [0.1, 0.15) is 23.8 Å². The molecule has 196 valence electrons. The highest BCUT2D eigenvalue weighted by Gasteiger charge is 2.47. The predicted molar refractivity (Wildman–Crippen MR) is 130 cm³/mol. The average molecular weight is 531 g/mol. The molecule has 37 heavy (non-hydrogen) atoms. The second-order valence-electron chi connectivity index (χ2n) is 10.4. The van der Waals surface area contributed by atoms with Crippen LogP contribution in [0.25, 0.3) is 16.7 Å². The van der Waals surface area contributed by atoms with Gasteiger partial charge in [-0.05, 0) is 44.0 Å². The molecule has 1 aliphatic carbocycles. The number of carbonyl (C=O) groups is 1. The number of sulfone groups is 1. The zero-order valence-corrected chi connectivity index (χ0v) is 21.3. The van der Waals surface area contributed by atoms with Gasteiger partial charge in [-0.15, -0.1) is 0 Å². The summed E-state index contributed by atoms with van der Waals surface area (Å²) in [6.45, 7) is 3.78. The number of aromatic nitrogens is 3. The topological polar surface area (TPSA) is 113 Å². The highest BCUT2D eigenvalue weighted by molar-refractivity contribution is 7.90. The highest BCUT2D eigenvalue weighted by Crippen LogP contribution is 2.40. The molecule has 1 aromatic carbocycles. The molecule has 2 unspecified atom stereocenters. The van der Waals surface area contributed by atoms with Crippen molar-refractivity contribution in [1.82, 2.24) is 19.4 Å². The summed E-state index contributed by atoms with van der Waals surface area (Å²) >= 11 is 0. The fourth-order valence-electron chi connectivity index (χ4n) is 5.05. The third-order valence-corrected chi connectivity index (χ3v) is 8.46. The van der Waals surface area contributed by atoms with Crippen molar-refractivity contribution in [2.24, 2.45) is 11.8 Å². The minimum absolute atomic E-state index is 0.0554. The second-order valence-corrected chi connectivity index (χ2v) is 12.4. The lowest BCUT2D eigenvalue weighted by Gasteiger charge is -2.46. The van der Waals surface area contributed by atoms with Gasteiger partial charge in [0.05, 0.1) is 29.2 Å². The van der Waals surface area contributed by atoms with Gasteiger partial charge in [-0.25, -0.2) is 27.6 Å². The van der Waals surface area contributed by atoms with E-state index in [1.807, 2.05) is 6.92 Å². The number of ether oxygens (including phenoxy) is 3. The average Bonchev–Trinajstić information content (AvgIpc) is 3.40. The van der Waals surface area contributed by atoms with E-state index in [1.165, 1.54) is 23.0 Å². The fraction of sp³-hybridized carbons (Fsp3) is 0.480. The molecule has 2 bridgehead atoms. The molecule has 12 heteroatoms. The zero-order valence-electron chi connectivity index (χ0n) is 20.5. The first-order chi connectivity index (χ1) is 17.6. The summed E-state index contributed by atoms with van der Waals surface area (Å²) in [6.07, 6.45) is 5.30. The van der Waals surface area contributed by atoms with E-state index in [9.17, 15) is 17.6 Å². The Morgan fingerprint density at radius 2 is 1.89 bits per heavy atom. The Morgan fingerprint density at radius 3 is 2.54 bits per heavy atom. The van der Waals surface area contributed by atoms with E-state index in [1.54, 1.807) is 17.2 Å². The molecule has 10 nitrogen and oxygen atoms in total. The van der Waals surface area contributed by atoms with Crippen LogP contribution in [0.2, 0.25) is 0 Å². The van der Waals surface area contributed by atoms with E-state index in [2.05, 4.69) is 9.97 Å². The largest absolute Gasteiger partial charge is 0.473 e. The van der Waals surface area contributed by atoms with Crippen LogP contribution in [0.3, 0.4) is 0 Å². The van der Waals surface area contributed by atoms with Crippen LogP contribution in [0.4, 0.5) is 9.18 Å². The van der Waals surface area contributed by atoms with Crippen molar-refractivity contribution in [1.29, 1.82) is 0 Å². The van der Waals surface area contributed by atoms with Gasteiger partial charge >= 0.3 is 6.09 Å². The molecular formula is C25H27FN4O6S. The minimum atomic E-state index is -3.54. The van der Waals surface area contributed by atoms with Gasteiger partial charge < -0.3 is 19.1 Å². The summed E-state index contributed by atoms with van der Waals surface area (Å²) in [5.41, 5.74) is 0.255. The van der Waals surface area contributed by atoms with E-state index in [0.717, 1.165) is 25.2 Å². The molecule has 3 fully saturated rings. The van der Waals surface area contributed by atoms with Gasteiger partial charge in [-0.1, -0.05) is 0 Å². The molecule has 2 aromatic heterocycles. The van der Waals surface area contributed by atoms with E-state index in [0.29, 0.717) is 43.2 Å². The van der Waals surface area contributed by atoms with Crippen molar-refractivity contribution in [2.75, 3.05) is 32.6 Å². The first-order valence-corrected chi connectivity index (χ1v) is 14.0. The van der Waals surface area contributed by atoms with Gasteiger partial charge in [0.25, 0.3) is 0 Å². The minimum Gasteiger partial charge on any atom is -0.473 e. The molecular weight excluding hydrogens is 503 g/mol. The first kappa shape index (κ1) is 24.1. The van der Waals surface area contributed by atoms with Crippen LogP contribution in [0.15, 0.2) is 41.7 Å². The predicted octanol–water partition coefficient (Wildman–Crippen LogP) is 2.98. The standard InChI is InChI=1S/C25H27FN4O6S/c1-25(6-7-25)36-24(31)29-10-15-12-34-13-16(11-29)21(15)35-23-18-5-8-30(22(18)27-14-28-23)20-4-3-17(9-19(20)26)37(2,32)33/h3-5,8-9,14-16,21H,6-7,10-13H2,1-2H3. The maximum Gasteiger partial charge on any atom is 0.410 e. The lowest BCUT2D eigenvalue weighted by atomic mass is 9.84. The Balaban J connectivity index is 1.25. The van der Waals surface area contributed by atoms with Crippen molar-refractivity contribution in [3.63, 3.8) is 0 Å². The molecule has 1 amide bonds. The Kier molecular flexibility index (Phi) is 5.64. The lowest BCUT2D eigenvalue weighted by molar-refractivity contribution is -0.111. The van der Waals surface area contributed by atoms with Gasteiger partial charge in [-0.2, -0.15) is 0 Å². The van der Waals surface area contributed by atoms with Crippen LogP contribution in [-0.4, -0.2) is 78.2 Å². The van der Waals surface area contributed by atoms with Crippen LogP contribution in [0, 0.1) is 17.7 Å². The number of carbonyl (C=O) groups excluding carboxylic acids is 1. The Bertz CT molecular complexity index is 1470. The maximum atomic E-state index is 14.9. The molecule has 6 rings (SSSR count). The van der Waals surface area contributed by atoms with Gasteiger partial charge in [0.2, 0.25) is 5.88 Å². The lowest BCUT2D eigenvalue weighted by Crippen LogP contribution is -2.59. The van der Waals surface area contributed by atoms with Gasteiger partial charge in [0, 0.05) is 37.4 Å². The normalized spacial score (nSPS) is 24.6. The molecule has 3 aromatic rings. The molecule has 0 radical (unpaired) electrons. The number of benzene rings is 1. The first-order valence-electron chi connectivity index (χ1n) is 12.2. The Hall–Kier alpha value is -3.25. The summed E-state index contributed by atoms with van der Waals surface area (Å²) < 4.78 is 57.8. The summed E-state index contributed by atoms with van der Waals surface area (Å²) in [5, 5.41) is 0.594. The Labute approximate surface area is 213 Å². The van der Waals surface area contributed by atoms with Gasteiger partial charge in [-0.3, -0.25) is 4.57 Å². The number of amides is 1. The molecule has 4 heterocycles. The number of nitrogens with zero attached hydrogens (tertiary/aromatic N) is 4. The zero-order chi connectivity index (χ0) is 25.9. The van der Waals surface area contributed by atoms with Crippen molar-refractivity contribution < 1.29 is 31.8 Å². The fourth-order valence-corrected chi connectivity index (χ4v) is 5.69. The third kappa shape index (κ3) is 4.52. The molecule has 3 aliphatic rings. The van der Waals surface area contributed by atoms with Crippen molar-refractivity contribution in [3.8, 4) is 11.6 Å². The molecule has 2 atom stereocenters. The summed E-state index contributed by atoms with van der Waals surface area (Å²) in [7, 11) is -3.54. The van der Waals surface area contributed by atoms with Crippen molar-refractivity contribution in [2.45, 2.75) is 36.4 Å². The smallest absolute Gasteiger partial charge is 0.410 e. The van der Waals surface area contributed by atoms with E-state index < -0.39 is 15.7 Å². The quantitative estimate of drug-likeness (QED) is 0.495. The number of hydrogen-bond donors (Lipinski definition) is 0. The van der Waals surface area contributed by atoms with Crippen LogP contribution in [0.1, 0.15) is 19.8 Å². The van der Waals surface area contributed by atoms with Crippen LogP contribution < -0.4 is 4.74 Å². The number of piperidine rings is 1. The van der Waals surface area contributed by atoms with E-state index in [-0.39, 0.29) is 40.2 Å². The van der Waals surface area contributed by atoms with Crippen molar-refractivity contribution in [3.05, 3.63) is 42.6 Å². The number of hydrogen-bond acceptors (Lipinski definition) is 8. The second kappa shape index (κ2) is 8.66. The number of rotatable bonds is 5. The molecule has 1 saturated carbocycles. The van der Waals surface area contributed by atoms with Gasteiger partial charge in [0.15, 0.2) is 15.5 Å². The van der Waals surface area contributed by atoms with Crippen LogP contribution >= 0.6 is 0 Å². The number of likely N-dealkylation sites (tertiary alicyclic amines) is 1. The number of halogens is 1. The van der Waals surface area contributed by atoms with Crippen LogP contribution in [0.5, 0.6) is 5.88 Å². The molecule has 2 aliphatic heterocycles. The number of fused-ring (bicyclic) bond motifs is 3. The monoisotopic (exact) mass is 530 g/mol. The van der Waals surface area contributed by atoms with E-state index in [4.69, 9.17) is 14.2 Å². The Morgan fingerprint density at radius 1 is 1.16 bits per heavy atom. The molecule has 0 spiro atoms. The molecule has 2 saturated heterocycles. The van der Waals surface area contributed by atoms with E-state index >= 15 is 0 Å². The van der Waals surface area contributed by atoms with Crippen LogP contribution in [-0.2, 0) is 19.3 Å². The third-order valence-electron chi connectivity index (χ3n) is 7.35. The summed E-state index contributed by atoms with van der Waals surface area (Å²) in [4.78, 5) is 23.0.